The molecule has 15 heavy (non-hydrogen) atoms. The standard InChI is InChI=1S/C13H19NO/c1-9(2)13(15)12(14)8-11-6-4-10(3)5-7-11/h4-7,9,12H,8,14H2,1-3H3/t12-/m0/s1. The van der Waals surface area contributed by atoms with Crippen molar-refractivity contribution >= 4 is 5.78 Å². The summed E-state index contributed by atoms with van der Waals surface area (Å²) in [7, 11) is 0. The van der Waals surface area contributed by atoms with E-state index in [2.05, 4.69) is 0 Å². The number of aryl methyl sites for hydroxylation is 1. The molecule has 1 aromatic carbocycles. The average molecular weight is 205 g/mol. The van der Waals surface area contributed by atoms with Gasteiger partial charge >= 0.3 is 0 Å². The number of rotatable bonds is 4. The highest BCUT2D eigenvalue weighted by molar-refractivity contribution is 5.85. The Morgan fingerprint density at radius 1 is 1.27 bits per heavy atom. The van der Waals surface area contributed by atoms with Crippen LogP contribution in [-0.2, 0) is 11.2 Å². The lowest BCUT2D eigenvalue weighted by Crippen LogP contribution is -2.35. The summed E-state index contributed by atoms with van der Waals surface area (Å²) in [4.78, 5) is 11.6. The Morgan fingerprint density at radius 3 is 2.27 bits per heavy atom. The van der Waals surface area contributed by atoms with E-state index < -0.39 is 0 Å². The largest absolute Gasteiger partial charge is 0.321 e. The first kappa shape index (κ1) is 11.9. The Kier molecular flexibility index (Phi) is 4.04. The molecule has 0 bridgehead atoms. The fourth-order valence-electron chi connectivity index (χ4n) is 1.51. The molecule has 0 amide bonds. The number of hydrogen-bond donors (Lipinski definition) is 1. The first-order valence-corrected chi connectivity index (χ1v) is 5.35. The molecule has 2 nitrogen and oxygen atoms in total. The van der Waals surface area contributed by atoms with Gasteiger partial charge in [-0.15, -0.1) is 0 Å². The molecule has 0 radical (unpaired) electrons. The molecular weight excluding hydrogens is 186 g/mol. The Labute approximate surface area is 91.5 Å². The molecule has 0 saturated heterocycles. The van der Waals surface area contributed by atoms with Crippen molar-refractivity contribution in [3.63, 3.8) is 0 Å². The van der Waals surface area contributed by atoms with Gasteiger partial charge in [0.2, 0.25) is 0 Å². The number of ketones is 1. The van der Waals surface area contributed by atoms with E-state index >= 15 is 0 Å². The van der Waals surface area contributed by atoms with Crippen LogP contribution in [0.4, 0.5) is 0 Å². The fraction of sp³-hybridized carbons (Fsp3) is 0.462. The lowest BCUT2D eigenvalue weighted by molar-refractivity contribution is -0.123. The molecule has 0 unspecified atom stereocenters. The number of carbonyl (C=O) groups is 1. The van der Waals surface area contributed by atoms with Crippen LogP contribution in [-0.4, -0.2) is 11.8 Å². The summed E-state index contributed by atoms with van der Waals surface area (Å²) >= 11 is 0. The van der Waals surface area contributed by atoms with E-state index in [0.717, 1.165) is 5.56 Å². The van der Waals surface area contributed by atoms with Gasteiger partial charge in [0.15, 0.2) is 5.78 Å². The second-order valence-electron chi connectivity index (χ2n) is 4.35. The molecule has 2 heteroatoms. The molecule has 82 valence electrons. The van der Waals surface area contributed by atoms with Gasteiger partial charge in [0.25, 0.3) is 0 Å². The summed E-state index contributed by atoms with van der Waals surface area (Å²) in [5, 5.41) is 0. The van der Waals surface area contributed by atoms with Crippen molar-refractivity contribution in [3.8, 4) is 0 Å². The minimum absolute atomic E-state index is 0.0189. The van der Waals surface area contributed by atoms with E-state index in [9.17, 15) is 4.79 Å². The van der Waals surface area contributed by atoms with Crippen molar-refractivity contribution in [3.05, 3.63) is 35.4 Å². The van der Waals surface area contributed by atoms with Crippen molar-refractivity contribution in [2.75, 3.05) is 0 Å². The van der Waals surface area contributed by atoms with Crippen LogP contribution >= 0.6 is 0 Å². The van der Waals surface area contributed by atoms with Crippen LogP contribution in [0.25, 0.3) is 0 Å². The van der Waals surface area contributed by atoms with Gasteiger partial charge in [-0.05, 0) is 18.9 Å². The van der Waals surface area contributed by atoms with Gasteiger partial charge < -0.3 is 5.73 Å². The summed E-state index contributed by atoms with van der Waals surface area (Å²) in [6.07, 6.45) is 0.636. The van der Waals surface area contributed by atoms with Crippen LogP contribution < -0.4 is 5.73 Å². The van der Waals surface area contributed by atoms with E-state index in [1.807, 2.05) is 45.0 Å². The number of nitrogens with two attached hydrogens (primary N) is 1. The highest BCUT2D eigenvalue weighted by atomic mass is 16.1. The second-order valence-corrected chi connectivity index (χ2v) is 4.35. The zero-order valence-corrected chi connectivity index (χ0v) is 9.66. The van der Waals surface area contributed by atoms with Gasteiger partial charge in [-0.25, -0.2) is 0 Å². The highest BCUT2D eigenvalue weighted by Gasteiger charge is 2.16. The molecule has 1 aromatic rings. The minimum Gasteiger partial charge on any atom is -0.321 e. The molecule has 1 atom stereocenters. The smallest absolute Gasteiger partial charge is 0.152 e. The van der Waals surface area contributed by atoms with E-state index in [1.54, 1.807) is 0 Å². The number of carbonyl (C=O) groups excluding carboxylic acids is 1. The van der Waals surface area contributed by atoms with Crippen molar-refractivity contribution in [2.45, 2.75) is 33.2 Å². The lowest BCUT2D eigenvalue weighted by Gasteiger charge is -2.13. The van der Waals surface area contributed by atoms with Gasteiger partial charge in [-0.2, -0.15) is 0 Å². The maximum atomic E-state index is 11.6. The van der Waals surface area contributed by atoms with E-state index in [4.69, 9.17) is 5.73 Å². The third-order valence-electron chi connectivity index (χ3n) is 2.51. The first-order chi connectivity index (χ1) is 7.00. The number of Topliss-reactive ketones (excluding diaryl/α,β-unsaturated/α-hetero) is 1. The van der Waals surface area contributed by atoms with Crippen molar-refractivity contribution in [1.29, 1.82) is 0 Å². The molecule has 0 aromatic heterocycles. The summed E-state index contributed by atoms with van der Waals surface area (Å²) < 4.78 is 0. The van der Waals surface area contributed by atoms with Crippen LogP contribution in [0.2, 0.25) is 0 Å². The van der Waals surface area contributed by atoms with Gasteiger partial charge in [-0.1, -0.05) is 43.7 Å². The molecule has 0 fully saturated rings. The summed E-state index contributed by atoms with van der Waals surface area (Å²) in [6, 6.07) is 7.78. The Bertz CT molecular complexity index is 327. The molecule has 0 aliphatic heterocycles. The quantitative estimate of drug-likeness (QED) is 0.818. The molecule has 0 saturated carbocycles. The van der Waals surface area contributed by atoms with Crippen LogP contribution in [0.5, 0.6) is 0 Å². The van der Waals surface area contributed by atoms with E-state index in [1.165, 1.54) is 5.56 Å². The average Bonchev–Trinajstić information content (AvgIpc) is 2.20. The van der Waals surface area contributed by atoms with Crippen LogP contribution in [0.1, 0.15) is 25.0 Å². The van der Waals surface area contributed by atoms with Gasteiger partial charge in [0.05, 0.1) is 6.04 Å². The third-order valence-corrected chi connectivity index (χ3v) is 2.51. The molecule has 0 aliphatic carbocycles. The lowest BCUT2D eigenvalue weighted by atomic mass is 9.96. The Hall–Kier alpha value is -1.15. The number of hydrogen-bond acceptors (Lipinski definition) is 2. The zero-order valence-electron chi connectivity index (χ0n) is 9.66. The molecule has 0 spiro atoms. The molecule has 0 aliphatic rings. The van der Waals surface area contributed by atoms with Gasteiger partial charge in [-0.3, -0.25) is 4.79 Å². The summed E-state index contributed by atoms with van der Waals surface area (Å²) in [5.41, 5.74) is 8.19. The third kappa shape index (κ3) is 3.48. The van der Waals surface area contributed by atoms with Crippen LogP contribution in [0.15, 0.2) is 24.3 Å². The van der Waals surface area contributed by atoms with Gasteiger partial charge in [0, 0.05) is 5.92 Å². The summed E-state index contributed by atoms with van der Waals surface area (Å²) in [5.74, 6) is 0.154. The minimum atomic E-state index is -0.368. The normalized spacial score (nSPS) is 12.9. The molecule has 0 heterocycles. The fourth-order valence-corrected chi connectivity index (χ4v) is 1.51. The van der Waals surface area contributed by atoms with Crippen LogP contribution in [0.3, 0.4) is 0 Å². The molecular formula is C13H19NO. The SMILES string of the molecule is Cc1ccc(C[C@H](N)C(=O)C(C)C)cc1. The van der Waals surface area contributed by atoms with E-state index in [0.29, 0.717) is 6.42 Å². The van der Waals surface area contributed by atoms with Crippen molar-refractivity contribution < 1.29 is 4.79 Å². The van der Waals surface area contributed by atoms with Crippen LogP contribution in [0, 0.1) is 12.8 Å². The molecule has 2 N–H and O–H groups in total. The highest BCUT2D eigenvalue weighted by Crippen LogP contribution is 2.08. The first-order valence-electron chi connectivity index (χ1n) is 5.35. The summed E-state index contributed by atoms with van der Waals surface area (Å²) in [6.45, 7) is 5.82. The number of benzene rings is 1. The van der Waals surface area contributed by atoms with E-state index in [-0.39, 0.29) is 17.7 Å². The Morgan fingerprint density at radius 2 is 1.80 bits per heavy atom. The predicted molar refractivity (Wildman–Crippen MR) is 62.7 cm³/mol. The maximum Gasteiger partial charge on any atom is 0.152 e. The monoisotopic (exact) mass is 205 g/mol. The Balaban J connectivity index is 2.62. The maximum absolute atomic E-state index is 11.6. The second kappa shape index (κ2) is 5.08. The van der Waals surface area contributed by atoms with Gasteiger partial charge in [0.1, 0.15) is 0 Å². The predicted octanol–water partition coefficient (Wildman–Crippen LogP) is 2.09. The topological polar surface area (TPSA) is 43.1 Å². The van der Waals surface area contributed by atoms with Crippen molar-refractivity contribution in [2.24, 2.45) is 11.7 Å². The van der Waals surface area contributed by atoms with Crippen molar-refractivity contribution in [1.82, 2.24) is 0 Å². The zero-order chi connectivity index (χ0) is 11.4. The molecule has 1 rings (SSSR count).